The number of Topliss-reactive ketones (excluding diaryl/α,β-unsaturated/α-hetero) is 1. The minimum atomic E-state index is -0.766. The van der Waals surface area contributed by atoms with Gasteiger partial charge >= 0.3 is 0 Å². The Kier molecular flexibility index (Phi) is 5.06. The van der Waals surface area contributed by atoms with E-state index in [4.69, 9.17) is 4.74 Å². The molecule has 1 aromatic heterocycles. The lowest BCUT2D eigenvalue weighted by Gasteiger charge is -2.25. The number of hydrogen-bond acceptors (Lipinski definition) is 5. The fourth-order valence-electron chi connectivity index (χ4n) is 3.73. The van der Waals surface area contributed by atoms with Gasteiger partial charge in [0.05, 0.1) is 18.7 Å². The number of carbonyl (C=O) groups is 2. The molecule has 2 heterocycles. The number of hydrogen-bond donors (Lipinski definition) is 1. The zero-order valence-corrected chi connectivity index (χ0v) is 16.6. The summed E-state index contributed by atoms with van der Waals surface area (Å²) >= 11 is 0. The number of pyridine rings is 1. The molecular formula is C24H20N2O4. The van der Waals surface area contributed by atoms with Gasteiger partial charge in [0.25, 0.3) is 11.7 Å². The number of anilines is 1. The van der Waals surface area contributed by atoms with Crippen molar-refractivity contribution in [2.24, 2.45) is 0 Å². The highest BCUT2D eigenvalue weighted by atomic mass is 16.5. The summed E-state index contributed by atoms with van der Waals surface area (Å²) in [6.07, 6.45) is 3.19. The van der Waals surface area contributed by atoms with Crippen LogP contribution in [0.25, 0.3) is 5.76 Å². The molecule has 1 unspecified atom stereocenters. The first-order chi connectivity index (χ1) is 14.5. The lowest BCUT2D eigenvalue weighted by Crippen LogP contribution is -2.29. The summed E-state index contributed by atoms with van der Waals surface area (Å²) in [5, 5.41) is 11.1. The maximum Gasteiger partial charge on any atom is 0.300 e. The van der Waals surface area contributed by atoms with Gasteiger partial charge in [-0.2, -0.15) is 0 Å². The molecule has 4 rings (SSSR count). The highest BCUT2D eigenvalue weighted by Gasteiger charge is 2.46. The van der Waals surface area contributed by atoms with E-state index in [2.05, 4.69) is 4.98 Å². The van der Waals surface area contributed by atoms with Crippen molar-refractivity contribution in [2.45, 2.75) is 13.0 Å². The first kappa shape index (κ1) is 19.4. The third kappa shape index (κ3) is 3.22. The molecule has 0 saturated carbocycles. The van der Waals surface area contributed by atoms with Crippen LogP contribution in [0.4, 0.5) is 5.69 Å². The van der Waals surface area contributed by atoms with Gasteiger partial charge in [-0.3, -0.25) is 19.5 Å². The van der Waals surface area contributed by atoms with Crippen LogP contribution in [-0.2, 0) is 9.59 Å². The lowest BCUT2D eigenvalue weighted by atomic mass is 9.95. The minimum absolute atomic E-state index is 0.0413. The van der Waals surface area contributed by atoms with Crippen LogP contribution in [0.15, 0.2) is 78.6 Å². The number of amides is 1. The van der Waals surface area contributed by atoms with E-state index in [0.717, 1.165) is 5.56 Å². The van der Waals surface area contributed by atoms with Gasteiger partial charge in [0.2, 0.25) is 0 Å². The van der Waals surface area contributed by atoms with E-state index in [1.165, 1.54) is 4.90 Å². The SMILES string of the molecule is COc1ccc(/C(O)=C2/C(=O)C(=O)N(c3ccccc3)C2c2ccncc2)cc1C. The second kappa shape index (κ2) is 7.83. The first-order valence-corrected chi connectivity index (χ1v) is 9.44. The van der Waals surface area contributed by atoms with Crippen molar-refractivity contribution in [3.05, 3.63) is 95.3 Å². The Hall–Kier alpha value is -3.93. The molecule has 1 aliphatic rings. The lowest BCUT2D eigenvalue weighted by molar-refractivity contribution is -0.132. The highest BCUT2D eigenvalue weighted by molar-refractivity contribution is 6.51. The Morgan fingerprint density at radius 1 is 1.03 bits per heavy atom. The number of carbonyl (C=O) groups excluding carboxylic acids is 2. The number of aliphatic hydroxyl groups excluding tert-OH is 1. The minimum Gasteiger partial charge on any atom is -0.507 e. The van der Waals surface area contributed by atoms with Gasteiger partial charge in [0.15, 0.2) is 0 Å². The normalized spacial score (nSPS) is 17.9. The topological polar surface area (TPSA) is 79.7 Å². The first-order valence-electron chi connectivity index (χ1n) is 9.44. The number of benzene rings is 2. The molecule has 1 N–H and O–H groups in total. The Morgan fingerprint density at radius 2 is 1.73 bits per heavy atom. The van der Waals surface area contributed by atoms with Gasteiger partial charge in [-0.15, -0.1) is 0 Å². The van der Waals surface area contributed by atoms with Crippen molar-refractivity contribution in [3.63, 3.8) is 0 Å². The molecule has 1 saturated heterocycles. The van der Waals surface area contributed by atoms with Gasteiger partial charge in [-0.25, -0.2) is 0 Å². The van der Waals surface area contributed by atoms with E-state index < -0.39 is 17.7 Å². The van der Waals surface area contributed by atoms with Gasteiger partial charge in [0, 0.05) is 23.6 Å². The van der Waals surface area contributed by atoms with Crippen molar-refractivity contribution in [3.8, 4) is 5.75 Å². The molecule has 1 atom stereocenters. The fourth-order valence-corrected chi connectivity index (χ4v) is 3.73. The summed E-state index contributed by atoms with van der Waals surface area (Å²) in [6.45, 7) is 1.85. The number of methoxy groups -OCH3 is 1. The molecule has 1 fully saturated rings. The van der Waals surface area contributed by atoms with Crippen LogP contribution < -0.4 is 9.64 Å². The van der Waals surface area contributed by atoms with E-state index in [1.54, 1.807) is 74.1 Å². The standard InChI is InChI=1S/C24H20N2O4/c1-15-14-17(8-9-19(15)30-2)22(27)20-21(16-10-12-25-13-11-16)26(24(29)23(20)28)18-6-4-3-5-7-18/h3-14,21,27H,1-2H3/b22-20-. The summed E-state index contributed by atoms with van der Waals surface area (Å²) in [5.41, 5.74) is 2.54. The van der Waals surface area contributed by atoms with E-state index in [9.17, 15) is 14.7 Å². The molecular weight excluding hydrogens is 380 g/mol. The second-order valence-electron chi connectivity index (χ2n) is 6.97. The number of aliphatic hydroxyl groups is 1. The molecule has 3 aromatic rings. The number of ether oxygens (including phenoxy) is 1. The monoisotopic (exact) mass is 400 g/mol. The van der Waals surface area contributed by atoms with Crippen LogP contribution in [0.1, 0.15) is 22.7 Å². The Morgan fingerprint density at radius 3 is 2.37 bits per heavy atom. The molecule has 1 aliphatic heterocycles. The summed E-state index contributed by atoms with van der Waals surface area (Å²) in [6, 6.07) is 16.8. The van der Waals surface area contributed by atoms with Crippen LogP contribution in [0.5, 0.6) is 5.75 Å². The Bertz CT molecular complexity index is 1140. The van der Waals surface area contributed by atoms with Crippen molar-refractivity contribution < 1.29 is 19.4 Å². The molecule has 30 heavy (non-hydrogen) atoms. The summed E-state index contributed by atoms with van der Waals surface area (Å²) in [4.78, 5) is 31.5. The molecule has 6 heteroatoms. The Labute approximate surface area is 174 Å². The number of ketones is 1. The van der Waals surface area contributed by atoms with Gasteiger partial charge < -0.3 is 9.84 Å². The average molecular weight is 400 g/mol. The molecule has 6 nitrogen and oxygen atoms in total. The zero-order chi connectivity index (χ0) is 21.3. The van der Waals surface area contributed by atoms with E-state index in [1.807, 2.05) is 13.0 Å². The smallest absolute Gasteiger partial charge is 0.300 e. The average Bonchev–Trinajstić information content (AvgIpc) is 3.05. The van der Waals surface area contributed by atoms with Crippen LogP contribution in [0.3, 0.4) is 0 Å². The molecule has 150 valence electrons. The van der Waals surface area contributed by atoms with Crippen molar-refractivity contribution in [1.82, 2.24) is 4.98 Å². The molecule has 2 aromatic carbocycles. The van der Waals surface area contributed by atoms with Gasteiger partial charge in [0.1, 0.15) is 11.5 Å². The molecule has 1 amide bonds. The molecule has 0 spiro atoms. The maximum absolute atomic E-state index is 13.0. The molecule has 0 bridgehead atoms. The van der Waals surface area contributed by atoms with Crippen LogP contribution in [0.2, 0.25) is 0 Å². The van der Waals surface area contributed by atoms with Crippen molar-refractivity contribution in [2.75, 3.05) is 12.0 Å². The second-order valence-corrected chi connectivity index (χ2v) is 6.97. The van der Waals surface area contributed by atoms with Crippen molar-refractivity contribution in [1.29, 1.82) is 0 Å². The van der Waals surface area contributed by atoms with Crippen LogP contribution in [0, 0.1) is 6.92 Å². The van der Waals surface area contributed by atoms with Gasteiger partial charge in [-0.1, -0.05) is 18.2 Å². The fraction of sp³-hybridized carbons (Fsp3) is 0.125. The Balaban J connectivity index is 1.93. The molecule has 0 aliphatic carbocycles. The maximum atomic E-state index is 13.0. The number of para-hydroxylation sites is 1. The number of rotatable bonds is 4. The number of aryl methyl sites for hydroxylation is 1. The molecule has 0 radical (unpaired) electrons. The predicted octanol–water partition coefficient (Wildman–Crippen LogP) is 4.02. The van der Waals surface area contributed by atoms with E-state index >= 15 is 0 Å². The summed E-state index contributed by atoms with van der Waals surface area (Å²) in [7, 11) is 1.57. The summed E-state index contributed by atoms with van der Waals surface area (Å²) in [5.74, 6) is -0.970. The number of aromatic nitrogens is 1. The van der Waals surface area contributed by atoms with Crippen molar-refractivity contribution >= 4 is 23.1 Å². The largest absolute Gasteiger partial charge is 0.507 e. The number of nitrogens with zero attached hydrogens (tertiary/aromatic N) is 2. The summed E-state index contributed by atoms with van der Waals surface area (Å²) < 4.78 is 5.27. The highest BCUT2D eigenvalue weighted by Crippen LogP contribution is 2.42. The van der Waals surface area contributed by atoms with Gasteiger partial charge in [-0.05, 0) is 60.5 Å². The third-order valence-electron chi connectivity index (χ3n) is 5.17. The third-order valence-corrected chi connectivity index (χ3v) is 5.17. The predicted molar refractivity (Wildman–Crippen MR) is 113 cm³/mol. The van der Waals surface area contributed by atoms with E-state index in [0.29, 0.717) is 22.6 Å². The zero-order valence-electron chi connectivity index (χ0n) is 16.6. The van der Waals surface area contributed by atoms with Crippen LogP contribution in [-0.4, -0.2) is 28.9 Å². The quantitative estimate of drug-likeness (QED) is 0.406. The van der Waals surface area contributed by atoms with E-state index in [-0.39, 0.29) is 11.3 Å². The van der Waals surface area contributed by atoms with Crippen LogP contribution >= 0.6 is 0 Å².